The molecular formula is C38H51NO10. The largest absolute Gasteiger partial charge is 0.481 e. The molecule has 0 spiro atoms. The second kappa shape index (κ2) is 21.5. The number of carboxylic acids is 3. The number of ketones is 1. The third kappa shape index (κ3) is 15.1. The molecule has 1 amide bonds. The molecule has 11 nitrogen and oxygen atoms in total. The van der Waals surface area contributed by atoms with Crippen molar-refractivity contribution < 1.29 is 49.1 Å². The number of aliphatic carboxylic acids is 3. The fraction of sp³-hybridized carbons (Fsp3) is 0.500. The van der Waals surface area contributed by atoms with E-state index in [1.807, 2.05) is 31.2 Å². The molecule has 0 bridgehead atoms. The Kier molecular flexibility index (Phi) is 17.8. The molecule has 268 valence electrons. The van der Waals surface area contributed by atoms with Gasteiger partial charge >= 0.3 is 17.9 Å². The number of nitrogens with one attached hydrogen (secondary N) is 1. The number of ether oxygens (including phenoxy) is 1. The second-order valence-electron chi connectivity index (χ2n) is 12.5. The molecule has 2 aromatic carbocycles. The van der Waals surface area contributed by atoms with Crippen LogP contribution in [0.5, 0.6) is 11.5 Å². The van der Waals surface area contributed by atoms with Gasteiger partial charge in [0.15, 0.2) is 5.60 Å². The summed E-state index contributed by atoms with van der Waals surface area (Å²) >= 11 is 0. The molecule has 0 aliphatic carbocycles. The average Bonchev–Trinajstić information content (AvgIpc) is 3.04. The summed E-state index contributed by atoms with van der Waals surface area (Å²) < 4.78 is 5.80. The van der Waals surface area contributed by atoms with Crippen LogP contribution in [-0.2, 0) is 30.4 Å². The standard InChI is InChI=1S/C38H51NO10/c1-3-4-5-8-11-14-29(40)15-12-9-6-7-10-13-16-32(38(48,37(46)47)26-34(41)42)35(43)39-33(36(44)45)25-28-19-23-31(24-20-28)49-30-21-17-27(2)18-22-30/h13,16-24,32-33,48H,3-12,14-15,25-26H2,1-2H3,(H,39,43)(H,41,42)(H,44,45)(H,46,47)/t32-,33+,38+/m1/s1. The molecule has 0 fully saturated rings. The summed E-state index contributed by atoms with van der Waals surface area (Å²) in [5.41, 5.74) is -1.42. The molecule has 0 aliphatic rings. The fourth-order valence-corrected chi connectivity index (χ4v) is 5.37. The van der Waals surface area contributed by atoms with Crippen molar-refractivity contribution in [3.05, 3.63) is 71.8 Å². The lowest BCUT2D eigenvalue weighted by atomic mass is 9.82. The Bertz CT molecular complexity index is 1390. The van der Waals surface area contributed by atoms with Gasteiger partial charge in [-0.05, 0) is 62.4 Å². The number of amides is 1. The molecule has 0 heterocycles. The van der Waals surface area contributed by atoms with Crippen LogP contribution in [0.1, 0.15) is 102 Å². The lowest BCUT2D eigenvalue weighted by molar-refractivity contribution is -0.172. The Morgan fingerprint density at radius 3 is 1.88 bits per heavy atom. The summed E-state index contributed by atoms with van der Waals surface area (Å²) in [5.74, 6) is -6.60. The summed E-state index contributed by atoms with van der Waals surface area (Å²) in [6, 6.07) is 12.5. The molecule has 0 aliphatic heterocycles. The Morgan fingerprint density at radius 2 is 1.35 bits per heavy atom. The first-order valence-electron chi connectivity index (χ1n) is 17.1. The van der Waals surface area contributed by atoms with Gasteiger partial charge in [0.05, 0.1) is 12.3 Å². The molecular weight excluding hydrogens is 630 g/mol. The molecule has 5 N–H and O–H groups in total. The van der Waals surface area contributed by atoms with E-state index < -0.39 is 47.8 Å². The minimum Gasteiger partial charge on any atom is -0.481 e. The number of carboxylic acid groups (broad SMARTS) is 3. The van der Waals surface area contributed by atoms with Gasteiger partial charge in [-0.1, -0.05) is 87.4 Å². The summed E-state index contributed by atoms with van der Waals surface area (Å²) in [7, 11) is 0. The predicted octanol–water partition coefficient (Wildman–Crippen LogP) is 6.63. The third-order valence-corrected chi connectivity index (χ3v) is 8.29. The monoisotopic (exact) mass is 681 g/mol. The molecule has 0 unspecified atom stereocenters. The molecule has 0 saturated heterocycles. The van der Waals surface area contributed by atoms with Crippen molar-refractivity contribution in [3.63, 3.8) is 0 Å². The number of hydrogen-bond acceptors (Lipinski definition) is 7. The van der Waals surface area contributed by atoms with Crippen LogP contribution in [0.25, 0.3) is 0 Å². The zero-order chi connectivity index (χ0) is 36.2. The van der Waals surface area contributed by atoms with Gasteiger partial charge in [0, 0.05) is 19.3 Å². The molecule has 3 atom stereocenters. The minimum absolute atomic E-state index is 0.173. The number of rotatable bonds is 25. The topological polar surface area (TPSA) is 188 Å². The molecule has 11 heteroatoms. The highest BCUT2D eigenvalue weighted by Crippen LogP contribution is 2.26. The van der Waals surface area contributed by atoms with E-state index in [9.17, 15) is 44.4 Å². The van der Waals surface area contributed by atoms with Gasteiger partial charge in [0.2, 0.25) is 5.91 Å². The van der Waals surface area contributed by atoms with Crippen LogP contribution in [0.3, 0.4) is 0 Å². The molecule has 0 radical (unpaired) electrons. The highest BCUT2D eigenvalue weighted by Gasteiger charge is 2.49. The maximum absolute atomic E-state index is 13.4. The van der Waals surface area contributed by atoms with E-state index in [4.69, 9.17) is 4.74 Å². The lowest BCUT2D eigenvalue weighted by Gasteiger charge is -2.29. The Morgan fingerprint density at radius 1 is 0.796 bits per heavy atom. The number of Topliss-reactive ketones (excluding diaryl/α,β-unsaturated/α-hetero) is 1. The first-order chi connectivity index (χ1) is 23.3. The van der Waals surface area contributed by atoms with E-state index in [1.165, 1.54) is 12.5 Å². The van der Waals surface area contributed by atoms with E-state index in [0.29, 0.717) is 42.7 Å². The van der Waals surface area contributed by atoms with Crippen molar-refractivity contribution in [2.75, 3.05) is 0 Å². The minimum atomic E-state index is -3.03. The van der Waals surface area contributed by atoms with Gasteiger partial charge in [-0.15, -0.1) is 0 Å². The van der Waals surface area contributed by atoms with Crippen LogP contribution in [-0.4, -0.2) is 61.7 Å². The SMILES string of the molecule is CCCCCCCC(=O)CCCCCCC=C[C@H](C(=O)N[C@@H](Cc1ccc(Oc2ccc(C)cc2)cc1)C(=O)O)[C@@](O)(CC(=O)O)C(=O)O. The van der Waals surface area contributed by atoms with E-state index >= 15 is 0 Å². The van der Waals surface area contributed by atoms with Crippen LogP contribution >= 0.6 is 0 Å². The van der Waals surface area contributed by atoms with E-state index in [0.717, 1.165) is 56.6 Å². The number of unbranched alkanes of at least 4 members (excludes halogenated alkanes) is 8. The van der Waals surface area contributed by atoms with Crippen LogP contribution in [0.2, 0.25) is 0 Å². The van der Waals surface area contributed by atoms with Gasteiger partial charge < -0.3 is 30.5 Å². The van der Waals surface area contributed by atoms with Gasteiger partial charge in [-0.3, -0.25) is 14.4 Å². The number of hydrogen-bond donors (Lipinski definition) is 5. The summed E-state index contributed by atoms with van der Waals surface area (Å²) in [6.07, 6.45) is 11.2. The van der Waals surface area contributed by atoms with Crippen molar-refractivity contribution in [2.24, 2.45) is 5.92 Å². The van der Waals surface area contributed by atoms with Crippen molar-refractivity contribution in [3.8, 4) is 11.5 Å². The Hall–Kier alpha value is -4.51. The smallest absolute Gasteiger partial charge is 0.337 e. The zero-order valence-corrected chi connectivity index (χ0v) is 28.6. The van der Waals surface area contributed by atoms with Gasteiger partial charge in [0.25, 0.3) is 0 Å². The molecule has 49 heavy (non-hydrogen) atoms. The van der Waals surface area contributed by atoms with Crippen molar-refractivity contribution >= 4 is 29.6 Å². The lowest BCUT2D eigenvalue weighted by Crippen LogP contribution is -2.55. The normalized spacial score (nSPS) is 13.7. The van der Waals surface area contributed by atoms with Crippen LogP contribution in [0, 0.1) is 12.8 Å². The molecule has 2 aromatic rings. The fourth-order valence-electron chi connectivity index (χ4n) is 5.37. The van der Waals surface area contributed by atoms with Crippen LogP contribution in [0.15, 0.2) is 60.7 Å². The maximum atomic E-state index is 13.4. The zero-order valence-electron chi connectivity index (χ0n) is 28.6. The van der Waals surface area contributed by atoms with Gasteiger partial charge in [0.1, 0.15) is 23.3 Å². The third-order valence-electron chi connectivity index (χ3n) is 8.29. The Labute approximate surface area is 288 Å². The number of aliphatic hydroxyl groups is 1. The van der Waals surface area contributed by atoms with E-state index in [-0.39, 0.29) is 12.2 Å². The van der Waals surface area contributed by atoms with Crippen LogP contribution in [0.4, 0.5) is 0 Å². The Balaban J connectivity index is 2.01. The van der Waals surface area contributed by atoms with Crippen molar-refractivity contribution in [2.45, 2.75) is 115 Å². The first-order valence-corrected chi connectivity index (χ1v) is 17.1. The van der Waals surface area contributed by atoms with Crippen molar-refractivity contribution in [1.82, 2.24) is 5.32 Å². The first kappa shape index (κ1) is 40.7. The molecule has 2 rings (SSSR count). The number of carbonyl (C=O) groups excluding carboxylic acids is 2. The highest BCUT2D eigenvalue weighted by molar-refractivity contribution is 5.94. The van der Waals surface area contributed by atoms with Gasteiger partial charge in [-0.2, -0.15) is 0 Å². The predicted molar refractivity (Wildman–Crippen MR) is 185 cm³/mol. The highest BCUT2D eigenvalue weighted by atomic mass is 16.5. The van der Waals surface area contributed by atoms with E-state index in [1.54, 1.807) is 24.3 Å². The maximum Gasteiger partial charge on any atom is 0.337 e. The van der Waals surface area contributed by atoms with Crippen LogP contribution < -0.4 is 10.1 Å². The summed E-state index contributed by atoms with van der Waals surface area (Å²) in [4.78, 5) is 61.1. The quantitative estimate of drug-likeness (QED) is 0.0562. The summed E-state index contributed by atoms with van der Waals surface area (Å²) in [6.45, 7) is 4.10. The molecule has 0 aromatic heterocycles. The number of carbonyl (C=O) groups is 5. The number of allylic oxidation sites excluding steroid dienone is 1. The van der Waals surface area contributed by atoms with Crippen molar-refractivity contribution in [1.29, 1.82) is 0 Å². The average molecular weight is 682 g/mol. The van der Waals surface area contributed by atoms with E-state index in [2.05, 4.69) is 12.2 Å². The van der Waals surface area contributed by atoms with Gasteiger partial charge in [-0.25, -0.2) is 9.59 Å². The number of benzene rings is 2. The molecule has 0 saturated carbocycles. The second-order valence-corrected chi connectivity index (χ2v) is 12.5. The number of aryl methyl sites for hydroxylation is 1. The summed E-state index contributed by atoms with van der Waals surface area (Å²) in [5, 5.41) is 42.2.